The number of rotatable bonds is 4. The SMILES string of the molecule is O=c1c2cc(I)ccc2nc(C=Cc2ccc(O)cc2)n1Cc1ccccc1. The third kappa shape index (κ3) is 3.99. The van der Waals surface area contributed by atoms with E-state index in [1.807, 2.05) is 72.8 Å². The summed E-state index contributed by atoms with van der Waals surface area (Å²) in [6.07, 6.45) is 3.73. The lowest BCUT2D eigenvalue weighted by Gasteiger charge is -2.12. The summed E-state index contributed by atoms with van der Waals surface area (Å²) in [4.78, 5) is 17.9. The molecule has 0 saturated heterocycles. The zero-order valence-corrected chi connectivity index (χ0v) is 17.1. The van der Waals surface area contributed by atoms with Gasteiger partial charge in [-0.05, 0) is 70.1 Å². The van der Waals surface area contributed by atoms with Gasteiger partial charge in [0.1, 0.15) is 11.6 Å². The second-order valence-corrected chi connectivity index (χ2v) is 7.68. The van der Waals surface area contributed by atoms with Crippen LogP contribution in [0.4, 0.5) is 0 Å². The Balaban J connectivity index is 1.85. The zero-order chi connectivity index (χ0) is 19.5. The number of nitrogens with zero attached hydrogens (tertiary/aromatic N) is 2. The second-order valence-electron chi connectivity index (χ2n) is 6.43. The minimum Gasteiger partial charge on any atom is -0.508 e. The molecule has 0 saturated carbocycles. The monoisotopic (exact) mass is 480 g/mol. The van der Waals surface area contributed by atoms with Gasteiger partial charge in [0.25, 0.3) is 5.56 Å². The Morgan fingerprint density at radius 1 is 0.964 bits per heavy atom. The summed E-state index contributed by atoms with van der Waals surface area (Å²) in [6, 6.07) is 22.5. The first-order valence-electron chi connectivity index (χ1n) is 8.81. The number of phenols is 1. The van der Waals surface area contributed by atoms with Crippen molar-refractivity contribution in [2.24, 2.45) is 0 Å². The number of benzene rings is 3. The molecule has 1 N–H and O–H groups in total. The fourth-order valence-corrected chi connectivity index (χ4v) is 3.50. The van der Waals surface area contributed by atoms with E-state index in [9.17, 15) is 9.90 Å². The third-order valence-corrected chi connectivity index (χ3v) is 5.12. The van der Waals surface area contributed by atoms with Gasteiger partial charge in [0.2, 0.25) is 0 Å². The van der Waals surface area contributed by atoms with Crippen LogP contribution in [0.2, 0.25) is 0 Å². The predicted molar refractivity (Wildman–Crippen MR) is 121 cm³/mol. The van der Waals surface area contributed by atoms with Crippen LogP contribution >= 0.6 is 22.6 Å². The quantitative estimate of drug-likeness (QED) is 0.422. The first-order chi connectivity index (χ1) is 13.6. The van der Waals surface area contributed by atoms with E-state index in [1.54, 1.807) is 16.7 Å². The molecule has 5 heteroatoms. The molecule has 4 rings (SSSR count). The summed E-state index contributed by atoms with van der Waals surface area (Å²) in [6.45, 7) is 0.448. The van der Waals surface area contributed by atoms with Crippen LogP contribution < -0.4 is 5.56 Å². The van der Waals surface area contributed by atoms with Crippen molar-refractivity contribution in [3.63, 3.8) is 0 Å². The lowest BCUT2D eigenvalue weighted by atomic mass is 10.2. The van der Waals surface area contributed by atoms with Crippen LogP contribution in [0.15, 0.2) is 77.6 Å². The molecule has 0 aliphatic rings. The number of phenolic OH excluding ortho intramolecular Hbond substituents is 1. The predicted octanol–water partition coefficient (Wildman–Crippen LogP) is 4.93. The van der Waals surface area contributed by atoms with E-state index in [2.05, 4.69) is 22.6 Å². The number of halogens is 1. The van der Waals surface area contributed by atoms with Gasteiger partial charge in [0, 0.05) is 3.57 Å². The van der Waals surface area contributed by atoms with Crippen LogP contribution in [0.3, 0.4) is 0 Å². The lowest BCUT2D eigenvalue weighted by molar-refractivity contribution is 0.475. The number of hydrogen-bond donors (Lipinski definition) is 1. The fraction of sp³-hybridized carbons (Fsp3) is 0.0435. The summed E-state index contributed by atoms with van der Waals surface area (Å²) < 4.78 is 2.70. The van der Waals surface area contributed by atoms with Crippen LogP contribution in [0.5, 0.6) is 5.75 Å². The Morgan fingerprint density at radius 3 is 2.46 bits per heavy atom. The molecule has 0 fully saturated rings. The van der Waals surface area contributed by atoms with Gasteiger partial charge >= 0.3 is 0 Å². The highest BCUT2D eigenvalue weighted by molar-refractivity contribution is 14.1. The molecule has 3 aromatic carbocycles. The van der Waals surface area contributed by atoms with Crippen LogP contribution in [0.1, 0.15) is 17.0 Å². The number of aromatic hydroxyl groups is 1. The van der Waals surface area contributed by atoms with E-state index in [4.69, 9.17) is 4.98 Å². The maximum absolute atomic E-state index is 13.2. The van der Waals surface area contributed by atoms with E-state index < -0.39 is 0 Å². The van der Waals surface area contributed by atoms with E-state index in [0.717, 1.165) is 14.7 Å². The maximum atomic E-state index is 13.2. The molecule has 1 aromatic heterocycles. The molecule has 4 aromatic rings. The van der Waals surface area contributed by atoms with E-state index >= 15 is 0 Å². The van der Waals surface area contributed by atoms with Crippen LogP contribution in [0, 0.1) is 3.57 Å². The highest BCUT2D eigenvalue weighted by atomic mass is 127. The summed E-state index contributed by atoms with van der Waals surface area (Å²) >= 11 is 2.21. The average Bonchev–Trinajstić information content (AvgIpc) is 2.71. The van der Waals surface area contributed by atoms with Crippen molar-refractivity contribution >= 4 is 45.6 Å². The second kappa shape index (κ2) is 7.98. The van der Waals surface area contributed by atoms with E-state index in [0.29, 0.717) is 23.3 Å². The number of fused-ring (bicyclic) bond motifs is 1. The smallest absolute Gasteiger partial charge is 0.261 e. The molecule has 0 unspecified atom stereocenters. The molecule has 0 aliphatic carbocycles. The molecule has 1 heterocycles. The van der Waals surface area contributed by atoms with Crippen molar-refractivity contribution < 1.29 is 5.11 Å². The van der Waals surface area contributed by atoms with Crippen LogP contribution in [-0.4, -0.2) is 14.7 Å². The highest BCUT2D eigenvalue weighted by Crippen LogP contribution is 2.16. The average molecular weight is 480 g/mol. The molecule has 0 atom stereocenters. The van der Waals surface area contributed by atoms with Crippen molar-refractivity contribution in [2.45, 2.75) is 6.54 Å². The molecule has 0 aliphatic heterocycles. The standard InChI is InChI=1S/C23H17IN2O2/c24-18-9-12-21-20(14-18)23(28)26(15-17-4-2-1-3-5-17)22(25-21)13-8-16-6-10-19(27)11-7-16/h1-14,27H,15H2. The molecule has 138 valence electrons. The Bertz CT molecular complexity index is 1210. The largest absolute Gasteiger partial charge is 0.508 e. The number of aromatic nitrogens is 2. The Hall–Kier alpha value is -2.93. The molecule has 28 heavy (non-hydrogen) atoms. The molecule has 0 radical (unpaired) electrons. The highest BCUT2D eigenvalue weighted by Gasteiger charge is 2.10. The Kier molecular flexibility index (Phi) is 5.25. The van der Waals surface area contributed by atoms with Gasteiger partial charge in [-0.2, -0.15) is 0 Å². The van der Waals surface area contributed by atoms with Crippen molar-refractivity contribution in [2.75, 3.05) is 0 Å². The van der Waals surface area contributed by atoms with Gasteiger partial charge in [0.05, 0.1) is 17.4 Å². The molecule has 0 spiro atoms. The lowest BCUT2D eigenvalue weighted by Crippen LogP contribution is -2.24. The normalized spacial score (nSPS) is 11.3. The van der Waals surface area contributed by atoms with Crippen molar-refractivity contribution in [3.8, 4) is 5.75 Å². The molecule has 0 bridgehead atoms. The first kappa shape index (κ1) is 18.4. The summed E-state index contributed by atoms with van der Waals surface area (Å²) in [7, 11) is 0. The minimum absolute atomic E-state index is 0.0577. The van der Waals surface area contributed by atoms with Gasteiger partial charge in [-0.1, -0.05) is 48.5 Å². The van der Waals surface area contributed by atoms with Crippen molar-refractivity contribution in [1.82, 2.24) is 9.55 Å². The summed E-state index contributed by atoms with van der Waals surface area (Å²) in [5.41, 5.74) is 2.58. The topological polar surface area (TPSA) is 55.1 Å². The Morgan fingerprint density at radius 2 is 1.71 bits per heavy atom. The number of hydrogen-bond acceptors (Lipinski definition) is 3. The maximum Gasteiger partial charge on any atom is 0.261 e. The van der Waals surface area contributed by atoms with Crippen LogP contribution in [0.25, 0.3) is 23.1 Å². The Labute approximate surface area is 175 Å². The van der Waals surface area contributed by atoms with Gasteiger partial charge in [0.15, 0.2) is 0 Å². The zero-order valence-electron chi connectivity index (χ0n) is 14.9. The van der Waals surface area contributed by atoms with E-state index in [-0.39, 0.29) is 11.3 Å². The van der Waals surface area contributed by atoms with Crippen molar-refractivity contribution in [1.29, 1.82) is 0 Å². The van der Waals surface area contributed by atoms with Gasteiger partial charge in [-0.15, -0.1) is 0 Å². The fourth-order valence-electron chi connectivity index (χ4n) is 3.01. The first-order valence-corrected chi connectivity index (χ1v) is 9.89. The van der Waals surface area contributed by atoms with Gasteiger partial charge in [-0.3, -0.25) is 9.36 Å². The van der Waals surface area contributed by atoms with Crippen molar-refractivity contribution in [3.05, 3.63) is 104 Å². The molecule has 0 amide bonds. The van der Waals surface area contributed by atoms with Gasteiger partial charge in [-0.25, -0.2) is 4.98 Å². The molecule has 4 nitrogen and oxygen atoms in total. The molecular formula is C23H17IN2O2. The third-order valence-electron chi connectivity index (χ3n) is 4.45. The summed E-state index contributed by atoms with van der Waals surface area (Å²) in [5.74, 6) is 0.812. The van der Waals surface area contributed by atoms with E-state index in [1.165, 1.54) is 0 Å². The molecular weight excluding hydrogens is 463 g/mol. The minimum atomic E-state index is -0.0577. The van der Waals surface area contributed by atoms with Crippen LogP contribution in [-0.2, 0) is 6.54 Å². The summed E-state index contributed by atoms with van der Waals surface area (Å²) in [5, 5.41) is 10.1. The van der Waals surface area contributed by atoms with Gasteiger partial charge < -0.3 is 5.11 Å².